The minimum atomic E-state index is 0.453. The van der Waals surface area contributed by atoms with Gasteiger partial charge in [0.2, 0.25) is 0 Å². The molecule has 0 heterocycles. The summed E-state index contributed by atoms with van der Waals surface area (Å²) in [5.74, 6) is 1.69. The Morgan fingerprint density at radius 1 is 1.36 bits per heavy atom. The summed E-state index contributed by atoms with van der Waals surface area (Å²) in [7, 11) is 1.77. The molecule has 1 aliphatic rings. The molecule has 0 aromatic rings. The summed E-state index contributed by atoms with van der Waals surface area (Å²) >= 11 is 0. The van der Waals surface area contributed by atoms with Crippen molar-refractivity contribution < 1.29 is 4.74 Å². The average Bonchev–Trinajstić information content (AvgIpc) is 2.21. The number of rotatable bonds is 5. The van der Waals surface area contributed by atoms with Crippen LogP contribution in [0.15, 0.2) is 0 Å². The van der Waals surface area contributed by atoms with Crippen molar-refractivity contribution in [1.29, 1.82) is 0 Å². The van der Waals surface area contributed by atoms with Crippen molar-refractivity contribution in [3.63, 3.8) is 0 Å². The third-order valence-electron chi connectivity index (χ3n) is 3.65. The molecule has 14 heavy (non-hydrogen) atoms. The summed E-state index contributed by atoms with van der Waals surface area (Å²) in [5, 5.41) is 0. The highest BCUT2D eigenvalue weighted by Crippen LogP contribution is 2.32. The van der Waals surface area contributed by atoms with Crippen LogP contribution in [-0.2, 0) is 4.74 Å². The van der Waals surface area contributed by atoms with Crippen LogP contribution in [-0.4, -0.2) is 19.8 Å². The van der Waals surface area contributed by atoms with Gasteiger partial charge in [-0.15, -0.1) is 0 Å². The summed E-state index contributed by atoms with van der Waals surface area (Å²) in [6.45, 7) is 3.19. The molecule has 0 radical (unpaired) electrons. The third-order valence-corrected chi connectivity index (χ3v) is 3.65. The first-order chi connectivity index (χ1) is 6.77. The lowest BCUT2D eigenvalue weighted by Crippen LogP contribution is -2.36. The van der Waals surface area contributed by atoms with E-state index in [4.69, 9.17) is 10.5 Å². The normalized spacial score (nSPS) is 33.2. The second-order valence-corrected chi connectivity index (χ2v) is 4.65. The largest absolute Gasteiger partial charge is 0.385 e. The average molecular weight is 199 g/mol. The fourth-order valence-electron chi connectivity index (χ4n) is 2.58. The Hall–Kier alpha value is -0.0800. The molecule has 0 aliphatic heterocycles. The molecule has 0 amide bonds. The Bertz CT molecular complexity index is 149. The van der Waals surface area contributed by atoms with Gasteiger partial charge in [-0.25, -0.2) is 0 Å². The van der Waals surface area contributed by atoms with Gasteiger partial charge in [-0.1, -0.05) is 13.3 Å². The topological polar surface area (TPSA) is 35.2 Å². The Morgan fingerprint density at radius 3 is 2.79 bits per heavy atom. The Morgan fingerprint density at radius 2 is 2.14 bits per heavy atom. The molecule has 2 heteroatoms. The van der Waals surface area contributed by atoms with Gasteiger partial charge in [-0.05, 0) is 43.9 Å². The Balaban J connectivity index is 2.25. The van der Waals surface area contributed by atoms with Gasteiger partial charge in [0.1, 0.15) is 0 Å². The number of ether oxygens (including phenoxy) is 1. The van der Waals surface area contributed by atoms with Crippen LogP contribution in [0.25, 0.3) is 0 Å². The van der Waals surface area contributed by atoms with Gasteiger partial charge >= 0.3 is 0 Å². The van der Waals surface area contributed by atoms with Crippen molar-refractivity contribution >= 4 is 0 Å². The van der Waals surface area contributed by atoms with Gasteiger partial charge in [0.05, 0.1) is 0 Å². The molecule has 2 N–H and O–H groups in total. The third kappa shape index (κ3) is 3.58. The second kappa shape index (κ2) is 6.41. The van der Waals surface area contributed by atoms with Crippen LogP contribution in [0.3, 0.4) is 0 Å². The van der Waals surface area contributed by atoms with Crippen LogP contribution in [0.1, 0.15) is 45.4 Å². The maximum atomic E-state index is 6.14. The molecule has 0 aromatic heterocycles. The predicted molar refractivity (Wildman–Crippen MR) is 60.2 cm³/mol. The van der Waals surface area contributed by atoms with Gasteiger partial charge < -0.3 is 10.5 Å². The molecule has 84 valence electrons. The molecular weight excluding hydrogens is 174 g/mol. The molecule has 0 aromatic carbocycles. The van der Waals surface area contributed by atoms with E-state index in [1.165, 1.54) is 38.5 Å². The highest BCUT2D eigenvalue weighted by atomic mass is 16.5. The van der Waals surface area contributed by atoms with E-state index < -0.39 is 0 Å². The zero-order valence-electron chi connectivity index (χ0n) is 9.67. The molecular formula is C12H25NO. The van der Waals surface area contributed by atoms with Crippen LogP contribution in [0.4, 0.5) is 0 Å². The molecule has 2 nitrogen and oxygen atoms in total. The maximum Gasteiger partial charge on any atom is 0.0462 e. The van der Waals surface area contributed by atoms with Crippen molar-refractivity contribution in [3.8, 4) is 0 Å². The summed E-state index contributed by atoms with van der Waals surface area (Å²) in [4.78, 5) is 0. The van der Waals surface area contributed by atoms with Crippen molar-refractivity contribution in [2.24, 2.45) is 17.6 Å². The summed E-state index contributed by atoms with van der Waals surface area (Å²) in [5.41, 5.74) is 6.14. The zero-order valence-corrected chi connectivity index (χ0v) is 9.67. The van der Waals surface area contributed by atoms with Gasteiger partial charge in [-0.3, -0.25) is 0 Å². The Kier molecular flexibility index (Phi) is 5.49. The van der Waals surface area contributed by atoms with Crippen molar-refractivity contribution in [3.05, 3.63) is 0 Å². The first-order valence-corrected chi connectivity index (χ1v) is 6.02. The SMILES string of the molecule is CCC1CCC(N)C(CCCOC)C1. The molecule has 0 bridgehead atoms. The fourth-order valence-corrected chi connectivity index (χ4v) is 2.58. The Labute approximate surface area is 88.2 Å². The molecule has 1 fully saturated rings. The van der Waals surface area contributed by atoms with Crippen molar-refractivity contribution in [2.75, 3.05) is 13.7 Å². The number of hydrogen-bond donors (Lipinski definition) is 1. The standard InChI is InChI=1S/C12H25NO/c1-3-10-6-7-12(13)11(9-10)5-4-8-14-2/h10-12H,3-9,13H2,1-2H3. The fraction of sp³-hybridized carbons (Fsp3) is 1.00. The molecule has 0 spiro atoms. The van der Waals surface area contributed by atoms with E-state index >= 15 is 0 Å². The molecule has 1 aliphatic carbocycles. The van der Waals surface area contributed by atoms with Gasteiger partial charge in [-0.2, -0.15) is 0 Å². The number of hydrogen-bond acceptors (Lipinski definition) is 2. The summed E-state index contributed by atoms with van der Waals surface area (Å²) in [6.07, 6.45) is 7.68. The minimum absolute atomic E-state index is 0.453. The van der Waals surface area contributed by atoms with Crippen molar-refractivity contribution in [2.45, 2.75) is 51.5 Å². The van der Waals surface area contributed by atoms with Crippen LogP contribution in [0.2, 0.25) is 0 Å². The molecule has 1 rings (SSSR count). The molecule has 3 unspecified atom stereocenters. The van der Waals surface area contributed by atoms with Crippen molar-refractivity contribution in [1.82, 2.24) is 0 Å². The van der Waals surface area contributed by atoms with Crippen LogP contribution in [0, 0.1) is 11.8 Å². The minimum Gasteiger partial charge on any atom is -0.385 e. The van der Waals surface area contributed by atoms with Crippen LogP contribution < -0.4 is 5.73 Å². The molecule has 3 atom stereocenters. The van der Waals surface area contributed by atoms with Gasteiger partial charge in [0.15, 0.2) is 0 Å². The van der Waals surface area contributed by atoms with E-state index in [0.29, 0.717) is 6.04 Å². The van der Waals surface area contributed by atoms with E-state index in [1.807, 2.05) is 0 Å². The number of methoxy groups -OCH3 is 1. The predicted octanol–water partition coefficient (Wildman–Crippen LogP) is 2.57. The van der Waals surface area contributed by atoms with E-state index in [0.717, 1.165) is 18.4 Å². The zero-order chi connectivity index (χ0) is 10.4. The molecule has 0 saturated heterocycles. The highest BCUT2D eigenvalue weighted by molar-refractivity contribution is 4.81. The van der Waals surface area contributed by atoms with Gasteiger partial charge in [0, 0.05) is 19.8 Å². The van der Waals surface area contributed by atoms with Crippen LogP contribution >= 0.6 is 0 Å². The van der Waals surface area contributed by atoms with E-state index in [2.05, 4.69) is 6.92 Å². The second-order valence-electron chi connectivity index (χ2n) is 4.65. The molecule has 1 saturated carbocycles. The number of nitrogens with two attached hydrogens (primary N) is 1. The lowest BCUT2D eigenvalue weighted by molar-refractivity contribution is 0.165. The van der Waals surface area contributed by atoms with Gasteiger partial charge in [0.25, 0.3) is 0 Å². The summed E-state index contributed by atoms with van der Waals surface area (Å²) in [6, 6.07) is 0.453. The maximum absolute atomic E-state index is 6.14. The van der Waals surface area contributed by atoms with E-state index in [-0.39, 0.29) is 0 Å². The lowest BCUT2D eigenvalue weighted by atomic mass is 9.75. The lowest BCUT2D eigenvalue weighted by Gasteiger charge is -2.33. The first kappa shape index (κ1) is 12.0. The van der Waals surface area contributed by atoms with Crippen LogP contribution in [0.5, 0.6) is 0 Å². The smallest absolute Gasteiger partial charge is 0.0462 e. The summed E-state index contributed by atoms with van der Waals surface area (Å²) < 4.78 is 5.08. The first-order valence-electron chi connectivity index (χ1n) is 6.02. The highest BCUT2D eigenvalue weighted by Gasteiger charge is 2.26. The van der Waals surface area contributed by atoms with E-state index in [9.17, 15) is 0 Å². The monoisotopic (exact) mass is 199 g/mol. The van der Waals surface area contributed by atoms with E-state index in [1.54, 1.807) is 7.11 Å². The quantitative estimate of drug-likeness (QED) is 0.691.